The van der Waals surface area contributed by atoms with E-state index in [0.717, 1.165) is 30.1 Å². The molecule has 2 heterocycles. The molecule has 2 aliphatic rings. The Morgan fingerprint density at radius 1 is 0.909 bits per heavy atom. The fourth-order valence-electron chi connectivity index (χ4n) is 4.31. The van der Waals surface area contributed by atoms with Crippen molar-refractivity contribution in [1.29, 1.82) is 0 Å². The second-order valence-corrected chi connectivity index (χ2v) is 7.98. The number of likely N-dealkylation sites (N-methyl/N-ethyl adjacent to an activating group) is 1. The minimum absolute atomic E-state index is 0.247. The van der Waals surface area contributed by atoms with Crippen molar-refractivity contribution < 1.29 is 19.1 Å². The second kappa shape index (κ2) is 10.6. The van der Waals surface area contributed by atoms with Gasteiger partial charge in [0.2, 0.25) is 0 Å². The molecule has 7 heteroatoms. The Balaban J connectivity index is 1.68. The highest BCUT2D eigenvalue weighted by Gasteiger charge is 2.41. The third-order valence-electron chi connectivity index (χ3n) is 6.00. The summed E-state index contributed by atoms with van der Waals surface area (Å²) in [6.45, 7) is 9.04. The maximum absolute atomic E-state index is 13.7. The molecule has 1 saturated heterocycles. The van der Waals surface area contributed by atoms with Gasteiger partial charge in [-0.3, -0.25) is 19.4 Å². The van der Waals surface area contributed by atoms with Gasteiger partial charge in [0.25, 0.3) is 11.8 Å². The number of amides is 2. The summed E-state index contributed by atoms with van der Waals surface area (Å²) < 4.78 is 11.0. The monoisotopic (exact) mass is 449 g/mol. The van der Waals surface area contributed by atoms with Crippen molar-refractivity contribution in [3.8, 4) is 5.75 Å². The number of anilines is 1. The molecule has 1 fully saturated rings. The molecular formula is C26H31N3O4. The standard InChI is InChI=1S/C26H31N3O4/c1-3-28(21-8-6-5-7-9-21)24-23(20-10-12-22(13-11-20)33-4-2)25(30)29(26(24)31)15-14-27-16-18-32-19-17-27/h5-13H,3-4,14-19H2,1-2H3. The predicted octanol–water partition coefficient (Wildman–Crippen LogP) is 3.02. The molecule has 0 bridgehead atoms. The summed E-state index contributed by atoms with van der Waals surface area (Å²) in [4.78, 5) is 32.8. The van der Waals surface area contributed by atoms with E-state index < -0.39 is 0 Å². The molecule has 7 nitrogen and oxygen atoms in total. The smallest absolute Gasteiger partial charge is 0.278 e. The Hall–Kier alpha value is -3.16. The quantitative estimate of drug-likeness (QED) is 0.549. The maximum Gasteiger partial charge on any atom is 0.278 e. The third kappa shape index (κ3) is 4.94. The molecule has 0 spiro atoms. The molecule has 0 aliphatic carbocycles. The van der Waals surface area contributed by atoms with Gasteiger partial charge < -0.3 is 14.4 Å². The van der Waals surface area contributed by atoms with E-state index in [1.165, 1.54) is 4.90 Å². The minimum atomic E-state index is -0.248. The maximum atomic E-state index is 13.7. The van der Waals surface area contributed by atoms with Crippen molar-refractivity contribution in [2.24, 2.45) is 0 Å². The van der Waals surface area contributed by atoms with Gasteiger partial charge in [-0.05, 0) is 43.7 Å². The lowest BCUT2D eigenvalue weighted by molar-refractivity contribution is -0.137. The number of hydrogen-bond donors (Lipinski definition) is 0. The number of rotatable bonds is 9. The first-order chi connectivity index (χ1) is 16.1. The van der Waals surface area contributed by atoms with Crippen molar-refractivity contribution in [3.05, 3.63) is 65.9 Å². The van der Waals surface area contributed by atoms with Crippen LogP contribution in [0.15, 0.2) is 60.3 Å². The Morgan fingerprint density at radius 2 is 1.61 bits per heavy atom. The Kier molecular flexibility index (Phi) is 7.42. The molecule has 0 aromatic heterocycles. The predicted molar refractivity (Wildman–Crippen MR) is 128 cm³/mol. The van der Waals surface area contributed by atoms with Crippen molar-refractivity contribution in [1.82, 2.24) is 9.80 Å². The second-order valence-electron chi connectivity index (χ2n) is 7.98. The first-order valence-electron chi connectivity index (χ1n) is 11.6. The number of imide groups is 1. The van der Waals surface area contributed by atoms with Crippen molar-refractivity contribution in [2.75, 3.05) is 57.4 Å². The third-order valence-corrected chi connectivity index (χ3v) is 6.00. The molecule has 0 unspecified atom stereocenters. The Bertz CT molecular complexity index is 998. The van der Waals surface area contributed by atoms with E-state index in [9.17, 15) is 9.59 Å². The average molecular weight is 450 g/mol. The SMILES string of the molecule is CCOc1ccc(C2=C(N(CC)c3ccccc3)C(=O)N(CCN3CCOCC3)C2=O)cc1. The molecule has 0 N–H and O–H groups in total. The normalized spacial score (nSPS) is 17.1. The largest absolute Gasteiger partial charge is 0.494 e. The first-order valence-corrected chi connectivity index (χ1v) is 11.6. The molecule has 4 rings (SSSR count). The van der Waals surface area contributed by atoms with Crippen LogP contribution in [-0.2, 0) is 14.3 Å². The summed E-state index contributed by atoms with van der Waals surface area (Å²) in [6.07, 6.45) is 0. The van der Waals surface area contributed by atoms with E-state index in [0.29, 0.717) is 50.7 Å². The van der Waals surface area contributed by atoms with Crippen LogP contribution in [0, 0.1) is 0 Å². The van der Waals surface area contributed by atoms with Crippen LogP contribution in [0.4, 0.5) is 5.69 Å². The number of hydrogen-bond acceptors (Lipinski definition) is 6. The molecule has 174 valence electrons. The number of morpholine rings is 1. The molecule has 2 aliphatic heterocycles. The summed E-state index contributed by atoms with van der Waals surface area (Å²) in [5, 5.41) is 0. The van der Waals surface area contributed by atoms with Crippen LogP contribution in [0.1, 0.15) is 19.4 Å². The van der Waals surface area contributed by atoms with Crippen LogP contribution < -0.4 is 9.64 Å². The molecular weight excluding hydrogens is 418 g/mol. The molecule has 2 amide bonds. The highest BCUT2D eigenvalue weighted by atomic mass is 16.5. The number of carbonyl (C=O) groups excluding carboxylic acids is 2. The van der Waals surface area contributed by atoms with Gasteiger partial charge in [0.1, 0.15) is 11.4 Å². The minimum Gasteiger partial charge on any atom is -0.494 e. The van der Waals surface area contributed by atoms with E-state index in [-0.39, 0.29) is 11.8 Å². The zero-order valence-electron chi connectivity index (χ0n) is 19.3. The highest BCUT2D eigenvalue weighted by Crippen LogP contribution is 2.34. The zero-order chi connectivity index (χ0) is 23.2. The van der Waals surface area contributed by atoms with Gasteiger partial charge in [-0.15, -0.1) is 0 Å². The summed E-state index contributed by atoms with van der Waals surface area (Å²) in [5.41, 5.74) is 2.47. The van der Waals surface area contributed by atoms with E-state index in [2.05, 4.69) is 4.90 Å². The van der Waals surface area contributed by atoms with Crippen molar-refractivity contribution >= 4 is 23.1 Å². The molecule has 0 saturated carbocycles. The van der Waals surface area contributed by atoms with Gasteiger partial charge in [-0.1, -0.05) is 30.3 Å². The van der Waals surface area contributed by atoms with Crippen LogP contribution in [-0.4, -0.2) is 74.2 Å². The fourth-order valence-corrected chi connectivity index (χ4v) is 4.31. The molecule has 2 aromatic carbocycles. The van der Waals surface area contributed by atoms with Gasteiger partial charge in [-0.2, -0.15) is 0 Å². The van der Waals surface area contributed by atoms with E-state index in [4.69, 9.17) is 9.47 Å². The summed E-state index contributed by atoms with van der Waals surface area (Å²) in [6, 6.07) is 17.1. The van der Waals surface area contributed by atoms with Gasteiger partial charge in [-0.25, -0.2) is 0 Å². The number of nitrogens with zero attached hydrogens (tertiary/aromatic N) is 3. The van der Waals surface area contributed by atoms with Crippen LogP contribution in [0.2, 0.25) is 0 Å². The lowest BCUT2D eigenvalue weighted by Crippen LogP contribution is -2.44. The lowest BCUT2D eigenvalue weighted by Gasteiger charge is -2.28. The lowest BCUT2D eigenvalue weighted by atomic mass is 10.0. The number of para-hydroxylation sites is 1. The van der Waals surface area contributed by atoms with Crippen molar-refractivity contribution in [2.45, 2.75) is 13.8 Å². The zero-order valence-corrected chi connectivity index (χ0v) is 19.3. The molecule has 2 aromatic rings. The first kappa shape index (κ1) is 23.0. The van der Waals surface area contributed by atoms with E-state index in [1.54, 1.807) is 0 Å². The van der Waals surface area contributed by atoms with Crippen LogP contribution in [0.3, 0.4) is 0 Å². The summed E-state index contributed by atoms with van der Waals surface area (Å²) in [5.74, 6) is 0.240. The molecule has 33 heavy (non-hydrogen) atoms. The summed E-state index contributed by atoms with van der Waals surface area (Å²) >= 11 is 0. The van der Waals surface area contributed by atoms with Crippen molar-refractivity contribution in [3.63, 3.8) is 0 Å². The Morgan fingerprint density at radius 3 is 2.24 bits per heavy atom. The van der Waals surface area contributed by atoms with E-state index >= 15 is 0 Å². The highest BCUT2D eigenvalue weighted by molar-refractivity contribution is 6.36. The average Bonchev–Trinajstić information content (AvgIpc) is 3.10. The summed E-state index contributed by atoms with van der Waals surface area (Å²) in [7, 11) is 0. The van der Waals surface area contributed by atoms with Gasteiger partial charge in [0.15, 0.2) is 0 Å². The Labute approximate surface area is 195 Å². The number of carbonyl (C=O) groups is 2. The van der Waals surface area contributed by atoms with Crippen LogP contribution >= 0.6 is 0 Å². The number of benzene rings is 2. The van der Waals surface area contributed by atoms with Gasteiger partial charge in [0, 0.05) is 38.4 Å². The number of ether oxygens (including phenoxy) is 2. The fraction of sp³-hybridized carbons (Fsp3) is 0.385. The van der Waals surface area contributed by atoms with E-state index in [1.807, 2.05) is 73.3 Å². The van der Waals surface area contributed by atoms with Gasteiger partial charge in [0.05, 0.1) is 25.4 Å². The topological polar surface area (TPSA) is 62.3 Å². The van der Waals surface area contributed by atoms with Gasteiger partial charge >= 0.3 is 0 Å². The van der Waals surface area contributed by atoms with Crippen LogP contribution in [0.5, 0.6) is 5.75 Å². The molecule has 0 atom stereocenters. The molecule has 0 radical (unpaired) electrons. The van der Waals surface area contributed by atoms with Crippen LogP contribution in [0.25, 0.3) is 5.57 Å².